The fraction of sp³-hybridized carbons (Fsp3) is 0.550. The van der Waals surface area contributed by atoms with E-state index >= 15 is 0 Å². The van der Waals surface area contributed by atoms with Gasteiger partial charge in [-0.05, 0) is 43.9 Å². The van der Waals surface area contributed by atoms with Crippen LogP contribution in [0.4, 0.5) is 5.69 Å². The SMILES string of the molecule is C[C@@H](NC(=O)C1CCCC1)C(=O)Nc1cccc(CN2CCCC2=O)c1. The molecule has 2 fully saturated rings. The molecule has 6 heteroatoms. The molecule has 140 valence electrons. The molecule has 1 saturated carbocycles. The summed E-state index contributed by atoms with van der Waals surface area (Å²) in [5.74, 6) is -0.0218. The van der Waals surface area contributed by atoms with Crippen molar-refractivity contribution in [2.24, 2.45) is 5.92 Å². The fourth-order valence-corrected chi connectivity index (χ4v) is 3.67. The molecule has 0 aromatic heterocycles. The molecule has 1 heterocycles. The first-order valence-electron chi connectivity index (χ1n) is 9.51. The molecular formula is C20H27N3O3. The van der Waals surface area contributed by atoms with Crippen molar-refractivity contribution in [2.45, 2.75) is 58.0 Å². The minimum atomic E-state index is -0.577. The van der Waals surface area contributed by atoms with E-state index in [9.17, 15) is 14.4 Å². The second-order valence-electron chi connectivity index (χ2n) is 7.32. The van der Waals surface area contributed by atoms with Crippen molar-refractivity contribution < 1.29 is 14.4 Å². The molecule has 2 N–H and O–H groups in total. The summed E-state index contributed by atoms with van der Waals surface area (Å²) in [6, 6.07) is 6.94. The standard InChI is InChI=1S/C20H27N3O3/c1-14(21-20(26)16-7-2-3-8-16)19(25)22-17-9-4-6-15(12-17)13-23-11-5-10-18(23)24/h4,6,9,12,14,16H,2-3,5,7-8,10-11,13H2,1H3,(H,21,26)(H,22,25)/t14-/m1/s1. The van der Waals surface area contributed by atoms with E-state index in [4.69, 9.17) is 0 Å². The summed E-state index contributed by atoms with van der Waals surface area (Å²) in [6.07, 6.45) is 5.53. The van der Waals surface area contributed by atoms with E-state index in [2.05, 4.69) is 10.6 Å². The molecule has 1 aromatic carbocycles. The van der Waals surface area contributed by atoms with Crippen LogP contribution in [0.25, 0.3) is 0 Å². The van der Waals surface area contributed by atoms with Gasteiger partial charge >= 0.3 is 0 Å². The lowest BCUT2D eigenvalue weighted by Crippen LogP contribution is -2.43. The van der Waals surface area contributed by atoms with Crippen LogP contribution < -0.4 is 10.6 Å². The van der Waals surface area contributed by atoms with Gasteiger partial charge in [0.2, 0.25) is 17.7 Å². The molecular weight excluding hydrogens is 330 g/mol. The zero-order valence-electron chi connectivity index (χ0n) is 15.3. The summed E-state index contributed by atoms with van der Waals surface area (Å²) in [7, 11) is 0. The average molecular weight is 357 g/mol. The van der Waals surface area contributed by atoms with E-state index < -0.39 is 6.04 Å². The minimum absolute atomic E-state index is 0.0218. The summed E-state index contributed by atoms with van der Waals surface area (Å²) in [4.78, 5) is 38.1. The van der Waals surface area contributed by atoms with E-state index in [-0.39, 0.29) is 23.6 Å². The van der Waals surface area contributed by atoms with Crippen molar-refractivity contribution in [3.63, 3.8) is 0 Å². The number of amides is 3. The van der Waals surface area contributed by atoms with Gasteiger partial charge < -0.3 is 15.5 Å². The Bertz CT molecular complexity index is 683. The van der Waals surface area contributed by atoms with Crippen LogP contribution in [0.5, 0.6) is 0 Å². The first-order valence-corrected chi connectivity index (χ1v) is 9.51. The highest BCUT2D eigenvalue weighted by atomic mass is 16.2. The van der Waals surface area contributed by atoms with Crippen LogP contribution in [0.3, 0.4) is 0 Å². The predicted octanol–water partition coefficient (Wildman–Crippen LogP) is 2.44. The third-order valence-electron chi connectivity index (χ3n) is 5.22. The van der Waals surface area contributed by atoms with Crippen molar-refractivity contribution in [1.29, 1.82) is 0 Å². The Hall–Kier alpha value is -2.37. The number of carbonyl (C=O) groups is 3. The number of carbonyl (C=O) groups excluding carboxylic acids is 3. The molecule has 1 aliphatic carbocycles. The lowest BCUT2D eigenvalue weighted by Gasteiger charge is -2.18. The van der Waals surface area contributed by atoms with E-state index in [0.717, 1.165) is 44.2 Å². The molecule has 3 rings (SSSR count). The van der Waals surface area contributed by atoms with Crippen LogP contribution in [0, 0.1) is 5.92 Å². The summed E-state index contributed by atoms with van der Waals surface area (Å²) in [5.41, 5.74) is 1.67. The summed E-state index contributed by atoms with van der Waals surface area (Å²) in [5, 5.41) is 5.67. The third kappa shape index (κ3) is 4.62. The van der Waals surface area contributed by atoms with Gasteiger partial charge in [0.25, 0.3) is 0 Å². The average Bonchev–Trinajstić information content (AvgIpc) is 3.28. The smallest absolute Gasteiger partial charge is 0.246 e. The van der Waals surface area contributed by atoms with E-state index in [1.54, 1.807) is 6.92 Å². The van der Waals surface area contributed by atoms with Gasteiger partial charge in [-0.25, -0.2) is 0 Å². The van der Waals surface area contributed by atoms with Crippen LogP contribution in [0.1, 0.15) is 51.0 Å². The zero-order valence-corrected chi connectivity index (χ0v) is 15.3. The van der Waals surface area contributed by atoms with Crippen LogP contribution in [0.15, 0.2) is 24.3 Å². The Labute approximate surface area is 154 Å². The second kappa shape index (κ2) is 8.34. The van der Waals surface area contributed by atoms with Gasteiger partial charge in [0.05, 0.1) is 0 Å². The highest BCUT2D eigenvalue weighted by Crippen LogP contribution is 2.24. The number of likely N-dealkylation sites (tertiary alicyclic amines) is 1. The molecule has 0 spiro atoms. The van der Waals surface area contributed by atoms with Crippen LogP contribution >= 0.6 is 0 Å². The molecule has 1 aromatic rings. The Morgan fingerprint density at radius 3 is 2.69 bits per heavy atom. The molecule has 1 atom stereocenters. The lowest BCUT2D eigenvalue weighted by molar-refractivity contribution is -0.128. The minimum Gasteiger partial charge on any atom is -0.344 e. The summed E-state index contributed by atoms with van der Waals surface area (Å²) in [6.45, 7) is 3.06. The number of benzene rings is 1. The second-order valence-corrected chi connectivity index (χ2v) is 7.32. The number of nitrogens with zero attached hydrogens (tertiary/aromatic N) is 1. The maximum absolute atomic E-state index is 12.4. The third-order valence-corrected chi connectivity index (χ3v) is 5.22. The van der Waals surface area contributed by atoms with E-state index in [0.29, 0.717) is 18.7 Å². The highest BCUT2D eigenvalue weighted by molar-refractivity contribution is 5.97. The van der Waals surface area contributed by atoms with Crippen molar-refractivity contribution in [3.8, 4) is 0 Å². The van der Waals surface area contributed by atoms with Gasteiger partial charge in [-0.1, -0.05) is 25.0 Å². The van der Waals surface area contributed by atoms with E-state index in [1.165, 1.54) is 0 Å². The van der Waals surface area contributed by atoms with Crippen molar-refractivity contribution in [3.05, 3.63) is 29.8 Å². The molecule has 0 unspecified atom stereocenters. The maximum Gasteiger partial charge on any atom is 0.246 e. The Kier molecular flexibility index (Phi) is 5.91. The normalized spacial score (nSPS) is 18.8. The molecule has 6 nitrogen and oxygen atoms in total. The van der Waals surface area contributed by atoms with Gasteiger partial charge in [-0.3, -0.25) is 14.4 Å². The largest absolute Gasteiger partial charge is 0.344 e. The fourth-order valence-electron chi connectivity index (χ4n) is 3.67. The quantitative estimate of drug-likeness (QED) is 0.821. The first-order chi connectivity index (χ1) is 12.5. The van der Waals surface area contributed by atoms with E-state index in [1.807, 2.05) is 29.2 Å². The molecule has 26 heavy (non-hydrogen) atoms. The van der Waals surface area contributed by atoms with Gasteiger partial charge in [0.1, 0.15) is 6.04 Å². The summed E-state index contributed by atoms with van der Waals surface area (Å²) >= 11 is 0. The Balaban J connectivity index is 1.54. The maximum atomic E-state index is 12.4. The predicted molar refractivity (Wildman–Crippen MR) is 99.3 cm³/mol. The van der Waals surface area contributed by atoms with Crippen LogP contribution in [-0.4, -0.2) is 35.2 Å². The van der Waals surface area contributed by atoms with Crippen molar-refractivity contribution in [1.82, 2.24) is 10.2 Å². The summed E-state index contributed by atoms with van der Waals surface area (Å²) < 4.78 is 0. The zero-order chi connectivity index (χ0) is 18.5. The molecule has 1 aliphatic heterocycles. The Morgan fingerprint density at radius 1 is 1.23 bits per heavy atom. The highest BCUT2D eigenvalue weighted by Gasteiger charge is 2.25. The van der Waals surface area contributed by atoms with Gasteiger partial charge in [0, 0.05) is 31.1 Å². The number of anilines is 1. The molecule has 2 aliphatic rings. The number of hydrogen-bond donors (Lipinski definition) is 2. The number of rotatable bonds is 6. The van der Waals surface area contributed by atoms with Gasteiger partial charge in [-0.15, -0.1) is 0 Å². The molecule has 1 saturated heterocycles. The molecule has 3 amide bonds. The lowest BCUT2D eigenvalue weighted by atomic mass is 10.1. The van der Waals surface area contributed by atoms with Crippen molar-refractivity contribution >= 4 is 23.4 Å². The monoisotopic (exact) mass is 357 g/mol. The Morgan fingerprint density at radius 2 is 2.00 bits per heavy atom. The van der Waals surface area contributed by atoms with Crippen molar-refractivity contribution in [2.75, 3.05) is 11.9 Å². The van der Waals surface area contributed by atoms with Gasteiger partial charge in [-0.2, -0.15) is 0 Å². The van der Waals surface area contributed by atoms with Gasteiger partial charge in [0.15, 0.2) is 0 Å². The number of nitrogens with one attached hydrogen (secondary N) is 2. The van der Waals surface area contributed by atoms with Crippen LogP contribution in [-0.2, 0) is 20.9 Å². The number of hydrogen-bond acceptors (Lipinski definition) is 3. The van der Waals surface area contributed by atoms with Crippen LogP contribution in [0.2, 0.25) is 0 Å². The topological polar surface area (TPSA) is 78.5 Å². The first kappa shape index (κ1) is 18.4. The molecule has 0 radical (unpaired) electrons. The molecule has 0 bridgehead atoms.